The van der Waals surface area contributed by atoms with Gasteiger partial charge in [-0.3, -0.25) is 4.79 Å². The number of carbonyl (C=O) groups is 1. The van der Waals surface area contributed by atoms with Gasteiger partial charge in [0, 0.05) is 19.2 Å². The summed E-state index contributed by atoms with van der Waals surface area (Å²) in [6.45, 7) is 4.54. The molecule has 3 unspecified atom stereocenters. The van der Waals surface area contributed by atoms with Gasteiger partial charge in [0.1, 0.15) is 5.69 Å². The molecule has 3 nitrogen and oxygen atoms in total. The Kier molecular flexibility index (Phi) is 3.13. The van der Waals surface area contributed by atoms with Gasteiger partial charge in [-0.1, -0.05) is 13.8 Å². The average molecular weight is 220 g/mol. The number of hydrogen-bond acceptors (Lipinski definition) is 2. The first-order chi connectivity index (χ1) is 7.58. The van der Waals surface area contributed by atoms with E-state index in [1.807, 2.05) is 17.8 Å². The molecule has 0 radical (unpaired) electrons. The minimum atomic E-state index is 0.195. The molecule has 2 rings (SSSR count). The Hall–Kier alpha value is -1.12. The minimum absolute atomic E-state index is 0.195. The van der Waals surface area contributed by atoms with Gasteiger partial charge in [0.2, 0.25) is 0 Å². The molecule has 1 aromatic rings. The Bertz CT molecular complexity index is 383. The van der Waals surface area contributed by atoms with E-state index in [1.165, 1.54) is 6.42 Å². The molecule has 0 saturated heterocycles. The minimum Gasteiger partial charge on any atom is -0.340 e. The fraction of sp³-hybridized carbons (Fsp3) is 0.692. The Morgan fingerprint density at radius 2 is 2.12 bits per heavy atom. The number of aromatic nitrogens is 2. The standard InChI is InChI=1S/C13H20N2O/c1-9-4-5-11(6-10(9)2)13(16)12-7-15(3)8-14-12/h7-11H,4-6H2,1-3H3. The first-order valence-electron chi connectivity index (χ1n) is 6.10. The molecule has 1 saturated carbocycles. The van der Waals surface area contributed by atoms with E-state index < -0.39 is 0 Å². The van der Waals surface area contributed by atoms with Gasteiger partial charge in [-0.25, -0.2) is 4.98 Å². The molecule has 0 N–H and O–H groups in total. The molecule has 3 atom stereocenters. The van der Waals surface area contributed by atoms with Crippen molar-refractivity contribution in [3.05, 3.63) is 18.2 Å². The van der Waals surface area contributed by atoms with Gasteiger partial charge < -0.3 is 4.57 Å². The van der Waals surface area contributed by atoms with Crippen LogP contribution < -0.4 is 0 Å². The van der Waals surface area contributed by atoms with Crippen LogP contribution in [0, 0.1) is 17.8 Å². The lowest BCUT2D eigenvalue weighted by atomic mass is 9.74. The molecule has 0 aromatic carbocycles. The maximum Gasteiger partial charge on any atom is 0.185 e. The molecule has 88 valence electrons. The maximum absolute atomic E-state index is 12.2. The number of ketones is 1. The molecule has 0 amide bonds. The molecule has 16 heavy (non-hydrogen) atoms. The van der Waals surface area contributed by atoms with Crippen LogP contribution in [0.25, 0.3) is 0 Å². The van der Waals surface area contributed by atoms with E-state index in [1.54, 1.807) is 6.33 Å². The highest BCUT2D eigenvalue weighted by Crippen LogP contribution is 2.34. The van der Waals surface area contributed by atoms with Crippen molar-refractivity contribution in [3.63, 3.8) is 0 Å². The summed E-state index contributed by atoms with van der Waals surface area (Å²) in [5, 5.41) is 0. The summed E-state index contributed by atoms with van der Waals surface area (Å²) >= 11 is 0. The molecule has 1 aliphatic carbocycles. The number of nitrogens with zero attached hydrogens (tertiary/aromatic N) is 2. The van der Waals surface area contributed by atoms with Crippen LogP contribution in [0.2, 0.25) is 0 Å². The van der Waals surface area contributed by atoms with Crippen molar-refractivity contribution in [1.29, 1.82) is 0 Å². The topological polar surface area (TPSA) is 34.9 Å². The van der Waals surface area contributed by atoms with Crippen LogP contribution in [0.5, 0.6) is 0 Å². The van der Waals surface area contributed by atoms with Crippen molar-refractivity contribution in [2.45, 2.75) is 33.1 Å². The van der Waals surface area contributed by atoms with Crippen LogP contribution in [0.15, 0.2) is 12.5 Å². The van der Waals surface area contributed by atoms with Crippen molar-refractivity contribution in [3.8, 4) is 0 Å². The Labute approximate surface area is 96.9 Å². The zero-order chi connectivity index (χ0) is 11.7. The third-order valence-electron chi connectivity index (χ3n) is 3.93. The molecule has 1 aliphatic rings. The van der Waals surface area contributed by atoms with Crippen LogP contribution >= 0.6 is 0 Å². The van der Waals surface area contributed by atoms with Gasteiger partial charge in [0.25, 0.3) is 0 Å². The molecular weight excluding hydrogens is 200 g/mol. The molecule has 1 fully saturated rings. The summed E-state index contributed by atoms with van der Waals surface area (Å²) in [6.07, 6.45) is 6.75. The number of imidazole rings is 1. The number of aryl methyl sites for hydroxylation is 1. The van der Waals surface area contributed by atoms with Crippen LogP contribution in [-0.2, 0) is 7.05 Å². The summed E-state index contributed by atoms with van der Waals surface area (Å²) in [4.78, 5) is 16.3. The summed E-state index contributed by atoms with van der Waals surface area (Å²) in [5.41, 5.74) is 0.634. The van der Waals surface area contributed by atoms with Crippen LogP contribution in [0.4, 0.5) is 0 Å². The average Bonchev–Trinajstić information content (AvgIpc) is 2.68. The van der Waals surface area contributed by atoms with Gasteiger partial charge in [-0.15, -0.1) is 0 Å². The van der Waals surface area contributed by atoms with E-state index in [-0.39, 0.29) is 11.7 Å². The number of hydrogen-bond donors (Lipinski definition) is 0. The summed E-state index contributed by atoms with van der Waals surface area (Å²) in [6, 6.07) is 0. The predicted molar refractivity (Wildman–Crippen MR) is 63.2 cm³/mol. The van der Waals surface area contributed by atoms with E-state index in [0.29, 0.717) is 11.6 Å². The van der Waals surface area contributed by atoms with Crippen molar-refractivity contribution in [1.82, 2.24) is 9.55 Å². The van der Waals surface area contributed by atoms with Gasteiger partial charge in [0.15, 0.2) is 5.78 Å². The Balaban J connectivity index is 2.06. The third-order valence-corrected chi connectivity index (χ3v) is 3.93. The van der Waals surface area contributed by atoms with E-state index in [0.717, 1.165) is 18.8 Å². The molecule has 3 heteroatoms. The fourth-order valence-electron chi connectivity index (χ4n) is 2.53. The quantitative estimate of drug-likeness (QED) is 0.718. The lowest BCUT2D eigenvalue weighted by molar-refractivity contribution is 0.0832. The number of Topliss-reactive ketones (excluding diaryl/α,β-unsaturated/α-hetero) is 1. The third kappa shape index (κ3) is 2.18. The Morgan fingerprint density at radius 1 is 1.38 bits per heavy atom. The molecule has 1 heterocycles. The van der Waals surface area contributed by atoms with Crippen LogP contribution in [-0.4, -0.2) is 15.3 Å². The van der Waals surface area contributed by atoms with Crippen molar-refractivity contribution < 1.29 is 4.79 Å². The van der Waals surface area contributed by atoms with E-state index in [4.69, 9.17) is 0 Å². The van der Waals surface area contributed by atoms with Crippen molar-refractivity contribution in [2.24, 2.45) is 24.8 Å². The van der Waals surface area contributed by atoms with Crippen LogP contribution in [0.3, 0.4) is 0 Å². The maximum atomic E-state index is 12.2. The smallest absolute Gasteiger partial charge is 0.185 e. The summed E-state index contributed by atoms with van der Waals surface area (Å²) in [5.74, 6) is 1.85. The second-order valence-electron chi connectivity index (χ2n) is 5.25. The molecule has 0 bridgehead atoms. The van der Waals surface area contributed by atoms with E-state index in [9.17, 15) is 4.79 Å². The monoisotopic (exact) mass is 220 g/mol. The first kappa shape index (κ1) is 11.4. The lowest BCUT2D eigenvalue weighted by Crippen LogP contribution is -2.26. The highest BCUT2D eigenvalue weighted by atomic mass is 16.1. The van der Waals surface area contributed by atoms with E-state index in [2.05, 4.69) is 18.8 Å². The van der Waals surface area contributed by atoms with Gasteiger partial charge in [-0.05, 0) is 31.1 Å². The zero-order valence-electron chi connectivity index (χ0n) is 10.3. The molecule has 0 spiro atoms. The highest BCUT2D eigenvalue weighted by Gasteiger charge is 2.30. The van der Waals surface area contributed by atoms with Crippen molar-refractivity contribution >= 4 is 5.78 Å². The van der Waals surface area contributed by atoms with Crippen molar-refractivity contribution in [2.75, 3.05) is 0 Å². The second kappa shape index (κ2) is 4.40. The van der Waals surface area contributed by atoms with Gasteiger partial charge >= 0.3 is 0 Å². The van der Waals surface area contributed by atoms with Crippen LogP contribution in [0.1, 0.15) is 43.6 Å². The molecule has 0 aliphatic heterocycles. The summed E-state index contributed by atoms with van der Waals surface area (Å²) < 4.78 is 1.84. The van der Waals surface area contributed by atoms with Gasteiger partial charge in [0.05, 0.1) is 6.33 Å². The van der Waals surface area contributed by atoms with E-state index >= 15 is 0 Å². The highest BCUT2D eigenvalue weighted by molar-refractivity contribution is 5.95. The number of rotatable bonds is 2. The molecular formula is C13H20N2O. The predicted octanol–water partition coefficient (Wildman–Crippen LogP) is 2.68. The Morgan fingerprint density at radius 3 is 2.69 bits per heavy atom. The second-order valence-corrected chi connectivity index (χ2v) is 5.25. The first-order valence-corrected chi connectivity index (χ1v) is 6.10. The normalized spacial score (nSPS) is 30.3. The SMILES string of the molecule is CC1CCC(C(=O)c2cn(C)cn2)CC1C. The molecule has 1 aromatic heterocycles. The summed E-state index contributed by atoms with van der Waals surface area (Å²) in [7, 11) is 1.90. The number of carbonyl (C=O) groups excluding carboxylic acids is 1. The fourth-order valence-corrected chi connectivity index (χ4v) is 2.53. The lowest BCUT2D eigenvalue weighted by Gasteiger charge is -2.30. The largest absolute Gasteiger partial charge is 0.340 e. The zero-order valence-corrected chi connectivity index (χ0v) is 10.3. The van der Waals surface area contributed by atoms with Gasteiger partial charge in [-0.2, -0.15) is 0 Å².